The standard InChI is InChI=1S/C68H42N2O2/c1-3-19-46(20-4-1)69(59-41-63-67(56-29-15-13-27-54(56)59)65-50-23-9-7-17-43(50)33-39-61(65)71-63)48-35-31-45(32-36-48)49-37-38-58(53-26-12-11-25-52(49)53)70(47-21-5-2-6-22-47)60-42-64-68(57-30-16-14-28-55(57)60)66-51-24-10-8-18-44(51)34-40-62(66)72-64/h1-42H. The van der Waals surface area contributed by atoms with Crippen LogP contribution in [0, 0.1) is 0 Å². The highest BCUT2D eigenvalue weighted by atomic mass is 16.3. The van der Waals surface area contributed by atoms with E-state index in [1.165, 1.54) is 21.5 Å². The lowest BCUT2D eigenvalue weighted by Crippen LogP contribution is -2.11. The Bertz CT molecular complexity index is 4630. The highest BCUT2D eigenvalue weighted by Crippen LogP contribution is 2.50. The van der Waals surface area contributed by atoms with E-state index in [9.17, 15) is 0 Å². The number of furan rings is 2. The number of benzene rings is 13. The molecule has 2 heterocycles. The van der Waals surface area contributed by atoms with Crippen molar-refractivity contribution in [2.24, 2.45) is 0 Å². The largest absolute Gasteiger partial charge is 0.456 e. The third-order valence-corrected chi connectivity index (χ3v) is 14.8. The van der Waals surface area contributed by atoms with Gasteiger partial charge in [-0.15, -0.1) is 0 Å². The van der Waals surface area contributed by atoms with Crippen LogP contribution >= 0.6 is 0 Å². The molecule has 0 bridgehead atoms. The van der Waals surface area contributed by atoms with E-state index in [0.29, 0.717) is 0 Å². The van der Waals surface area contributed by atoms with E-state index in [-0.39, 0.29) is 0 Å². The van der Waals surface area contributed by atoms with Gasteiger partial charge < -0.3 is 18.6 Å². The summed E-state index contributed by atoms with van der Waals surface area (Å²) in [6.07, 6.45) is 0. The Hall–Kier alpha value is -9.64. The van der Waals surface area contributed by atoms with Gasteiger partial charge in [0.2, 0.25) is 0 Å². The summed E-state index contributed by atoms with van der Waals surface area (Å²) in [5.41, 5.74) is 12.2. The molecule has 0 fully saturated rings. The van der Waals surface area contributed by atoms with Gasteiger partial charge in [-0.05, 0) is 103 Å². The molecule has 0 unspecified atom stereocenters. The summed E-state index contributed by atoms with van der Waals surface area (Å²) in [5, 5.41) is 16.3. The van der Waals surface area contributed by atoms with E-state index in [4.69, 9.17) is 8.83 Å². The fourth-order valence-corrected chi connectivity index (χ4v) is 11.6. The van der Waals surface area contributed by atoms with Crippen molar-refractivity contribution in [2.45, 2.75) is 0 Å². The molecule has 0 aliphatic heterocycles. The van der Waals surface area contributed by atoms with Gasteiger partial charge in [0.25, 0.3) is 0 Å². The molecule has 0 spiro atoms. The number of hydrogen-bond donors (Lipinski definition) is 0. The SMILES string of the molecule is c1ccc(N(c2ccc(-c3ccc(N(c4ccccc4)c4cc5oc6ccc7ccccc7c6c5c5ccccc45)c4ccccc34)cc2)c2cc3oc4ccc5ccccc5c4c3c3ccccc23)cc1. The molecule has 2 aromatic heterocycles. The normalized spacial score (nSPS) is 11.9. The van der Waals surface area contributed by atoms with E-state index in [2.05, 4.69) is 265 Å². The molecule has 0 aliphatic rings. The molecule has 13 aromatic carbocycles. The van der Waals surface area contributed by atoms with Crippen molar-refractivity contribution in [3.63, 3.8) is 0 Å². The van der Waals surface area contributed by atoms with Gasteiger partial charge in [-0.2, -0.15) is 0 Å². The lowest BCUT2D eigenvalue weighted by atomic mass is 9.95. The molecule has 0 saturated heterocycles. The highest BCUT2D eigenvalue weighted by molar-refractivity contribution is 6.30. The van der Waals surface area contributed by atoms with Gasteiger partial charge in [-0.3, -0.25) is 0 Å². The van der Waals surface area contributed by atoms with E-state index < -0.39 is 0 Å². The maximum Gasteiger partial charge on any atom is 0.138 e. The van der Waals surface area contributed by atoms with Crippen LogP contribution in [0.5, 0.6) is 0 Å². The van der Waals surface area contributed by atoms with Crippen molar-refractivity contribution in [3.8, 4) is 11.1 Å². The summed E-state index contributed by atoms with van der Waals surface area (Å²) in [6.45, 7) is 0. The molecule has 0 amide bonds. The lowest BCUT2D eigenvalue weighted by molar-refractivity contribution is 0.669. The van der Waals surface area contributed by atoms with Crippen molar-refractivity contribution in [1.29, 1.82) is 0 Å². The first-order chi connectivity index (χ1) is 35.7. The Balaban J connectivity index is 0.886. The minimum Gasteiger partial charge on any atom is -0.456 e. The van der Waals surface area contributed by atoms with Gasteiger partial charge >= 0.3 is 0 Å². The molecule has 15 rings (SSSR count). The average molecular weight is 919 g/mol. The molecule has 4 nitrogen and oxygen atoms in total. The molecule has 336 valence electrons. The Morgan fingerprint density at radius 3 is 1.15 bits per heavy atom. The fourth-order valence-electron chi connectivity index (χ4n) is 11.6. The van der Waals surface area contributed by atoms with Gasteiger partial charge in [0, 0.05) is 66.9 Å². The van der Waals surface area contributed by atoms with Crippen LogP contribution in [0.3, 0.4) is 0 Å². The van der Waals surface area contributed by atoms with Crippen LogP contribution in [-0.2, 0) is 0 Å². The van der Waals surface area contributed by atoms with Crippen LogP contribution in [0.25, 0.3) is 109 Å². The summed E-state index contributed by atoms with van der Waals surface area (Å²) in [7, 11) is 0. The number of hydrogen-bond acceptors (Lipinski definition) is 4. The Morgan fingerprint density at radius 2 is 0.625 bits per heavy atom. The Morgan fingerprint density at radius 1 is 0.236 bits per heavy atom. The molecular formula is C68H42N2O2. The first-order valence-corrected chi connectivity index (χ1v) is 24.6. The van der Waals surface area contributed by atoms with Crippen LogP contribution < -0.4 is 9.80 Å². The van der Waals surface area contributed by atoms with Crippen molar-refractivity contribution in [1.82, 2.24) is 0 Å². The second kappa shape index (κ2) is 16.0. The topological polar surface area (TPSA) is 32.8 Å². The zero-order valence-corrected chi connectivity index (χ0v) is 39.0. The lowest BCUT2D eigenvalue weighted by Gasteiger charge is -2.29. The van der Waals surface area contributed by atoms with Gasteiger partial charge in [0.1, 0.15) is 22.3 Å². The van der Waals surface area contributed by atoms with E-state index in [0.717, 1.165) is 121 Å². The van der Waals surface area contributed by atoms with Crippen molar-refractivity contribution >= 4 is 132 Å². The van der Waals surface area contributed by atoms with E-state index in [1.54, 1.807) is 0 Å². The summed E-state index contributed by atoms with van der Waals surface area (Å²) in [6, 6.07) is 91.5. The number of fused-ring (bicyclic) bond motifs is 15. The quantitative estimate of drug-likeness (QED) is 0.159. The second-order valence-corrected chi connectivity index (χ2v) is 18.7. The molecule has 72 heavy (non-hydrogen) atoms. The maximum atomic E-state index is 6.81. The summed E-state index contributed by atoms with van der Waals surface area (Å²) in [5.74, 6) is 0. The molecular weight excluding hydrogens is 877 g/mol. The number of rotatable bonds is 7. The number of anilines is 6. The maximum absolute atomic E-state index is 6.81. The zero-order valence-electron chi connectivity index (χ0n) is 39.0. The smallest absolute Gasteiger partial charge is 0.138 e. The molecule has 0 radical (unpaired) electrons. The van der Waals surface area contributed by atoms with E-state index in [1.807, 2.05) is 0 Å². The molecule has 0 aliphatic carbocycles. The van der Waals surface area contributed by atoms with Gasteiger partial charge in [0.05, 0.1) is 17.1 Å². The predicted octanol–water partition coefficient (Wildman–Crippen LogP) is 19.9. The van der Waals surface area contributed by atoms with Crippen LogP contribution in [0.1, 0.15) is 0 Å². The summed E-state index contributed by atoms with van der Waals surface area (Å²) < 4.78 is 13.6. The summed E-state index contributed by atoms with van der Waals surface area (Å²) in [4.78, 5) is 4.77. The van der Waals surface area contributed by atoms with Gasteiger partial charge in [-0.25, -0.2) is 0 Å². The predicted molar refractivity (Wildman–Crippen MR) is 303 cm³/mol. The van der Waals surface area contributed by atoms with Crippen molar-refractivity contribution < 1.29 is 8.83 Å². The van der Waals surface area contributed by atoms with Crippen molar-refractivity contribution in [2.75, 3.05) is 9.80 Å². The van der Waals surface area contributed by atoms with Crippen molar-refractivity contribution in [3.05, 3.63) is 255 Å². The molecule has 0 N–H and O–H groups in total. The zero-order chi connectivity index (χ0) is 47.3. The van der Waals surface area contributed by atoms with Gasteiger partial charge in [-0.1, -0.05) is 188 Å². The second-order valence-electron chi connectivity index (χ2n) is 18.7. The minimum atomic E-state index is 0.862. The molecule has 4 heteroatoms. The first kappa shape index (κ1) is 40.3. The first-order valence-electron chi connectivity index (χ1n) is 24.6. The molecule has 0 atom stereocenters. The third kappa shape index (κ3) is 6.12. The molecule has 15 aromatic rings. The van der Waals surface area contributed by atoms with Crippen LogP contribution in [0.15, 0.2) is 264 Å². The highest BCUT2D eigenvalue weighted by Gasteiger charge is 2.25. The van der Waals surface area contributed by atoms with Gasteiger partial charge in [0.15, 0.2) is 0 Å². The Labute approximate surface area is 414 Å². The molecule has 0 saturated carbocycles. The number of para-hydroxylation sites is 2. The average Bonchev–Trinajstić information content (AvgIpc) is 4.04. The Kier molecular flexibility index (Phi) is 8.92. The van der Waals surface area contributed by atoms with Crippen LogP contribution in [-0.4, -0.2) is 0 Å². The van der Waals surface area contributed by atoms with Crippen LogP contribution in [0.4, 0.5) is 34.1 Å². The number of nitrogens with zero attached hydrogens (tertiary/aromatic N) is 2. The van der Waals surface area contributed by atoms with Crippen LogP contribution in [0.2, 0.25) is 0 Å². The monoisotopic (exact) mass is 918 g/mol. The van der Waals surface area contributed by atoms with E-state index >= 15 is 0 Å². The minimum absolute atomic E-state index is 0.862. The fraction of sp³-hybridized carbons (Fsp3) is 0. The third-order valence-electron chi connectivity index (χ3n) is 14.8. The summed E-state index contributed by atoms with van der Waals surface area (Å²) >= 11 is 0.